The lowest BCUT2D eigenvalue weighted by molar-refractivity contribution is 0.111. The van der Waals surface area contributed by atoms with E-state index in [0.717, 1.165) is 18.2 Å². The molecule has 2 aromatic rings. The molecule has 1 aromatic heterocycles. The van der Waals surface area contributed by atoms with E-state index in [0.29, 0.717) is 10.7 Å². The quantitative estimate of drug-likeness (QED) is 0.810. The summed E-state index contributed by atoms with van der Waals surface area (Å²) in [6.45, 7) is 0. The summed E-state index contributed by atoms with van der Waals surface area (Å²) >= 11 is 0. The predicted molar refractivity (Wildman–Crippen MR) is 56.8 cm³/mol. The van der Waals surface area contributed by atoms with Crippen molar-refractivity contribution in [1.29, 1.82) is 0 Å². The number of rotatable bonds is 2. The first kappa shape index (κ1) is 11.9. The van der Waals surface area contributed by atoms with Crippen LogP contribution < -0.4 is 5.56 Å². The lowest BCUT2D eigenvalue weighted by Crippen LogP contribution is -2.22. The molecule has 1 heterocycles. The second-order valence-electron chi connectivity index (χ2n) is 3.38. The fraction of sp³-hybridized carbons (Fsp3) is 0. The molecule has 0 saturated carbocycles. The standard InChI is InChI=1S/C11H6F2N2O3/c12-6-1-2-9(7(13)3-6)15-11(18)4-10(17)8(5-16)14-15/h1-5,17H. The van der Waals surface area contributed by atoms with Crippen LogP contribution in [0, 0.1) is 11.6 Å². The molecule has 0 bridgehead atoms. The summed E-state index contributed by atoms with van der Waals surface area (Å²) in [7, 11) is 0. The van der Waals surface area contributed by atoms with Gasteiger partial charge in [0.1, 0.15) is 11.5 Å². The number of halogens is 2. The fourth-order valence-corrected chi connectivity index (χ4v) is 1.37. The van der Waals surface area contributed by atoms with Crippen LogP contribution in [0.3, 0.4) is 0 Å². The molecule has 0 radical (unpaired) electrons. The zero-order chi connectivity index (χ0) is 13.3. The second-order valence-corrected chi connectivity index (χ2v) is 3.38. The van der Waals surface area contributed by atoms with Gasteiger partial charge < -0.3 is 5.11 Å². The minimum absolute atomic E-state index is 0.215. The molecular formula is C11H6F2N2O3. The Morgan fingerprint density at radius 1 is 1.28 bits per heavy atom. The Bertz CT molecular complexity index is 682. The van der Waals surface area contributed by atoms with Gasteiger partial charge in [0.05, 0.1) is 0 Å². The van der Waals surface area contributed by atoms with E-state index in [2.05, 4.69) is 5.10 Å². The maximum absolute atomic E-state index is 13.5. The number of nitrogens with zero attached hydrogens (tertiary/aromatic N) is 2. The molecule has 2 rings (SSSR count). The molecule has 0 atom stereocenters. The van der Waals surface area contributed by atoms with Gasteiger partial charge in [-0.1, -0.05) is 0 Å². The van der Waals surface area contributed by atoms with Crippen LogP contribution in [0.25, 0.3) is 5.69 Å². The van der Waals surface area contributed by atoms with E-state index < -0.39 is 28.6 Å². The van der Waals surface area contributed by atoms with E-state index in [1.54, 1.807) is 0 Å². The number of hydrogen-bond donors (Lipinski definition) is 1. The van der Waals surface area contributed by atoms with E-state index in [1.807, 2.05) is 0 Å². The zero-order valence-electron chi connectivity index (χ0n) is 8.80. The molecule has 1 aromatic carbocycles. The van der Waals surface area contributed by atoms with Crippen LogP contribution in [0.2, 0.25) is 0 Å². The van der Waals surface area contributed by atoms with Crippen molar-refractivity contribution in [3.8, 4) is 11.4 Å². The molecule has 0 unspecified atom stereocenters. The lowest BCUT2D eigenvalue weighted by atomic mass is 10.3. The Morgan fingerprint density at radius 3 is 2.61 bits per heavy atom. The smallest absolute Gasteiger partial charge is 0.275 e. The summed E-state index contributed by atoms with van der Waals surface area (Å²) in [6.07, 6.45) is 0.215. The number of benzene rings is 1. The van der Waals surface area contributed by atoms with Gasteiger partial charge in [-0.05, 0) is 12.1 Å². The van der Waals surface area contributed by atoms with Crippen LogP contribution in [-0.2, 0) is 0 Å². The fourth-order valence-electron chi connectivity index (χ4n) is 1.37. The van der Waals surface area contributed by atoms with E-state index in [4.69, 9.17) is 0 Å². The molecule has 18 heavy (non-hydrogen) atoms. The molecule has 0 aliphatic heterocycles. The van der Waals surface area contributed by atoms with E-state index in [-0.39, 0.29) is 12.0 Å². The highest BCUT2D eigenvalue weighted by atomic mass is 19.1. The van der Waals surface area contributed by atoms with Crippen molar-refractivity contribution in [2.24, 2.45) is 0 Å². The van der Waals surface area contributed by atoms with Crippen molar-refractivity contribution in [3.63, 3.8) is 0 Å². The molecule has 0 spiro atoms. The first-order valence-electron chi connectivity index (χ1n) is 4.77. The van der Waals surface area contributed by atoms with Crippen LogP contribution >= 0.6 is 0 Å². The average Bonchev–Trinajstić information content (AvgIpc) is 2.30. The molecule has 0 fully saturated rings. The normalized spacial score (nSPS) is 10.3. The van der Waals surface area contributed by atoms with E-state index in [9.17, 15) is 23.5 Å². The highest BCUT2D eigenvalue weighted by Gasteiger charge is 2.12. The molecule has 5 nitrogen and oxygen atoms in total. The highest BCUT2D eigenvalue weighted by molar-refractivity contribution is 5.75. The number of aromatic nitrogens is 2. The molecule has 7 heteroatoms. The van der Waals surface area contributed by atoms with Crippen LogP contribution in [0.15, 0.2) is 29.1 Å². The average molecular weight is 252 g/mol. The Labute approximate surface area is 98.9 Å². The van der Waals surface area contributed by atoms with Gasteiger partial charge in [0.15, 0.2) is 23.5 Å². The summed E-state index contributed by atoms with van der Waals surface area (Å²) in [5, 5.41) is 12.7. The number of carbonyl (C=O) groups excluding carboxylic acids is 1. The van der Waals surface area contributed by atoms with Crippen LogP contribution in [0.5, 0.6) is 5.75 Å². The van der Waals surface area contributed by atoms with Gasteiger partial charge in [-0.25, -0.2) is 8.78 Å². The third-order valence-corrected chi connectivity index (χ3v) is 2.19. The largest absolute Gasteiger partial charge is 0.505 e. The molecule has 0 amide bonds. The first-order valence-corrected chi connectivity index (χ1v) is 4.77. The Kier molecular flexibility index (Phi) is 2.88. The van der Waals surface area contributed by atoms with Crippen molar-refractivity contribution < 1.29 is 18.7 Å². The topological polar surface area (TPSA) is 72.2 Å². The maximum atomic E-state index is 13.5. The van der Waals surface area contributed by atoms with Crippen molar-refractivity contribution >= 4 is 6.29 Å². The van der Waals surface area contributed by atoms with Crippen LogP contribution in [-0.4, -0.2) is 21.2 Å². The third-order valence-electron chi connectivity index (χ3n) is 2.19. The Morgan fingerprint density at radius 2 is 2.00 bits per heavy atom. The first-order chi connectivity index (χ1) is 8.52. The summed E-state index contributed by atoms with van der Waals surface area (Å²) in [4.78, 5) is 22.1. The van der Waals surface area contributed by atoms with E-state index >= 15 is 0 Å². The van der Waals surface area contributed by atoms with Crippen LogP contribution in [0.4, 0.5) is 8.78 Å². The Hall–Kier alpha value is -2.57. The van der Waals surface area contributed by atoms with Gasteiger partial charge in [-0.15, -0.1) is 0 Å². The minimum Gasteiger partial charge on any atom is -0.505 e. The number of hydrogen-bond acceptors (Lipinski definition) is 4. The molecule has 0 aliphatic carbocycles. The Balaban J connectivity index is 2.71. The third kappa shape index (κ3) is 1.97. The second kappa shape index (κ2) is 4.36. The van der Waals surface area contributed by atoms with Crippen molar-refractivity contribution in [2.45, 2.75) is 0 Å². The van der Waals surface area contributed by atoms with Crippen LogP contribution in [0.1, 0.15) is 10.5 Å². The summed E-state index contributed by atoms with van der Waals surface area (Å²) in [5.41, 5.74) is -1.58. The van der Waals surface area contributed by atoms with Gasteiger partial charge in [-0.2, -0.15) is 9.78 Å². The van der Waals surface area contributed by atoms with Gasteiger partial charge in [0.25, 0.3) is 5.56 Å². The van der Waals surface area contributed by atoms with E-state index in [1.165, 1.54) is 0 Å². The highest BCUT2D eigenvalue weighted by Crippen LogP contribution is 2.14. The minimum atomic E-state index is -1.01. The molecule has 0 saturated heterocycles. The van der Waals surface area contributed by atoms with Crippen molar-refractivity contribution in [3.05, 3.63) is 51.9 Å². The number of aromatic hydroxyl groups is 1. The zero-order valence-corrected chi connectivity index (χ0v) is 8.80. The SMILES string of the molecule is O=Cc1nn(-c2ccc(F)cc2F)c(=O)cc1O. The number of aldehydes is 1. The molecule has 1 N–H and O–H groups in total. The maximum Gasteiger partial charge on any atom is 0.275 e. The van der Waals surface area contributed by atoms with Gasteiger partial charge >= 0.3 is 0 Å². The lowest BCUT2D eigenvalue weighted by Gasteiger charge is -2.06. The summed E-state index contributed by atoms with van der Waals surface area (Å²) < 4.78 is 26.8. The molecular weight excluding hydrogens is 246 g/mol. The van der Waals surface area contributed by atoms with Crippen molar-refractivity contribution in [2.75, 3.05) is 0 Å². The molecule has 92 valence electrons. The van der Waals surface area contributed by atoms with Gasteiger partial charge in [-0.3, -0.25) is 9.59 Å². The predicted octanol–water partition coefficient (Wildman–Crippen LogP) is 1.03. The van der Waals surface area contributed by atoms with Gasteiger partial charge in [0, 0.05) is 12.1 Å². The summed E-state index contributed by atoms with van der Waals surface area (Å²) in [6, 6.07) is 3.25. The van der Waals surface area contributed by atoms with Gasteiger partial charge in [0.2, 0.25) is 0 Å². The number of carbonyl (C=O) groups is 1. The van der Waals surface area contributed by atoms with Crippen molar-refractivity contribution in [1.82, 2.24) is 9.78 Å². The molecule has 0 aliphatic rings. The monoisotopic (exact) mass is 252 g/mol. The summed E-state index contributed by atoms with van der Waals surface area (Å²) in [5.74, 6) is -2.42.